The summed E-state index contributed by atoms with van der Waals surface area (Å²) in [7, 11) is 2.73. The Morgan fingerprint density at radius 1 is 0.500 bits per heavy atom. The first-order valence-electron chi connectivity index (χ1n) is 12.2. The van der Waals surface area contributed by atoms with Gasteiger partial charge in [0.2, 0.25) is 0 Å². The molecular formula is C30H30O8. The number of carbonyl (C=O) groups is 2. The lowest BCUT2D eigenvalue weighted by atomic mass is 10.1. The largest absolute Gasteiger partial charge is 0.491 e. The fourth-order valence-corrected chi connectivity index (χ4v) is 3.88. The van der Waals surface area contributed by atoms with E-state index in [1.807, 2.05) is 48.5 Å². The van der Waals surface area contributed by atoms with Crippen molar-refractivity contribution >= 4 is 33.5 Å². The molecule has 0 aromatic heterocycles. The molecule has 0 aliphatic carbocycles. The maximum absolute atomic E-state index is 11.7. The smallest absolute Gasteiger partial charge is 0.337 e. The van der Waals surface area contributed by atoms with E-state index >= 15 is 0 Å². The lowest BCUT2D eigenvalue weighted by Crippen LogP contribution is -2.13. The van der Waals surface area contributed by atoms with Crippen LogP contribution in [0.4, 0.5) is 0 Å². The fourth-order valence-electron chi connectivity index (χ4n) is 3.88. The molecule has 0 fully saturated rings. The van der Waals surface area contributed by atoms with Crippen molar-refractivity contribution in [2.24, 2.45) is 0 Å². The minimum Gasteiger partial charge on any atom is -0.491 e. The molecule has 0 saturated heterocycles. The molecule has 0 amide bonds. The summed E-state index contributed by atoms with van der Waals surface area (Å²) in [5.74, 6) is 0.753. The quantitative estimate of drug-likeness (QED) is 0.179. The number of ether oxygens (including phenoxy) is 6. The van der Waals surface area contributed by atoms with E-state index in [1.165, 1.54) is 14.2 Å². The topological polar surface area (TPSA) is 89.5 Å². The van der Waals surface area contributed by atoms with Crippen LogP contribution in [0, 0.1) is 0 Å². The number of carbonyl (C=O) groups excluding carboxylic acids is 2. The zero-order valence-corrected chi connectivity index (χ0v) is 21.4. The predicted molar refractivity (Wildman–Crippen MR) is 143 cm³/mol. The fraction of sp³-hybridized carbons (Fsp3) is 0.267. The number of hydrogen-bond acceptors (Lipinski definition) is 8. The van der Waals surface area contributed by atoms with Crippen molar-refractivity contribution < 1.29 is 38.0 Å². The highest BCUT2D eigenvalue weighted by atomic mass is 16.6. The van der Waals surface area contributed by atoms with Crippen LogP contribution >= 0.6 is 0 Å². The predicted octanol–water partition coefficient (Wildman–Crippen LogP) is 5.06. The van der Waals surface area contributed by atoms with Crippen LogP contribution in [0.15, 0.2) is 72.8 Å². The molecule has 4 aromatic carbocycles. The molecule has 38 heavy (non-hydrogen) atoms. The number of hydrogen-bond donors (Lipinski definition) is 0. The second kappa shape index (κ2) is 13.4. The van der Waals surface area contributed by atoms with E-state index in [1.54, 1.807) is 24.3 Å². The zero-order valence-electron chi connectivity index (χ0n) is 21.4. The van der Waals surface area contributed by atoms with Crippen molar-refractivity contribution in [1.82, 2.24) is 0 Å². The monoisotopic (exact) mass is 518 g/mol. The Morgan fingerprint density at radius 3 is 1.29 bits per heavy atom. The number of rotatable bonds is 13. The number of methoxy groups -OCH3 is 2. The summed E-state index contributed by atoms with van der Waals surface area (Å²) in [5, 5.41) is 3.83. The summed E-state index contributed by atoms with van der Waals surface area (Å²) in [6.45, 7) is 2.61. The summed E-state index contributed by atoms with van der Waals surface area (Å²) < 4.78 is 32.2. The van der Waals surface area contributed by atoms with Gasteiger partial charge in [-0.2, -0.15) is 0 Å². The Kier molecular flexibility index (Phi) is 9.50. The molecule has 8 heteroatoms. The molecule has 198 valence electrons. The molecule has 4 aromatic rings. The van der Waals surface area contributed by atoms with Gasteiger partial charge in [0, 0.05) is 0 Å². The van der Waals surface area contributed by atoms with Gasteiger partial charge in [-0.3, -0.25) is 0 Å². The molecule has 0 atom stereocenters. The Balaban J connectivity index is 1.08. The second-order valence-electron chi connectivity index (χ2n) is 8.35. The second-order valence-corrected chi connectivity index (χ2v) is 8.35. The van der Waals surface area contributed by atoms with Gasteiger partial charge in [-0.1, -0.05) is 24.3 Å². The Labute approximate surface area is 221 Å². The molecule has 4 rings (SSSR count). The first-order chi connectivity index (χ1) is 18.6. The van der Waals surface area contributed by atoms with E-state index in [0.717, 1.165) is 33.0 Å². The molecule has 0 radical (unpaired) electrons. The lowest BCUT2D eigenvalue weighted by Gasteiger charge is -2.10. The molecule has 0 aliphatic rings. The van der Waals surface area contributed by atoms with Crippen LogP contribution in [0.5, 0.6) is 11.5 Å². The third kappa shape index (κ3) is 7.21. The van der Waals surface area contributed by atoms with Crippen molar-refractivity contribution in [2.45, 2.75) is 0 Å². The Morgan fingerprint density at radius 2 is 0.868 bits per heavy atom. The highest BCUT2D eigenvalue weighted by molar-refractivity contribution is 5.96. The normalized spacial score (nSPS) is 10.9. The summed E-state index contributed by atoms with van der Waals surface area (Å²) in [5.41, 5.74) is 1.03. The van der Waals surface area contributed by atoms with Crippen molar-refractivity contribution in [3.63, 3.8) is 0 Å². The zero-order chi connectivity index (χ0) is 26.7. The molecule has 0 spiro atoms. The Bertz CT molecular complexity index is 1290. The highest BCUT2D eigenvalue weighted by Gasteiger charge is 2.08. The minimum atomic E-state index is -0.358. The van der Waals surface area contributed by atoms with Crippen LogP contribution in [-0.4, -0.2) is 65.8 Å². The maximum Gasteiger partial charge on any atom is 0.337 e. The van der Waals surface area contributed by atoms with Crippen LogP contribution in [0.3, 0.4) is 0 Å². The first kappa shape index (κ1) is 26.9. The van der Waals surface area contributed by atoms with E-state index < -0.39 is 0 Å². The third-order valence-electron chi connectivity index (χ3n) is 5.83. The van der Waals surface area contributed by atoms with Gasteiger partial charge in [0.25, 0.3) is 0 Å². The van der Waals surface area contributed by atoms with Gasteiger partial charge in [0.15, 0.2) is 0 Å². The van der Waals surface area contributed by atoms with E-state index in [-0.39, 0.29) is 11.9 Å². The average molecular weight is 519 g/mol. The van der Waals surface area contributed by atoms with Crippen LogP contribution in [0.25, 0.3) is 21.5 Å². The Hall–Kier alpha value is -4.14. The lowest BCUT2D eigenvalue weighted by molar-refractivity contribution is 0.0274. The van der Waals surface area contributed by atoms with Crippen LogP contribution in [-0.2, 0) is 18.9 Å². The molecule has 0 saturated carbocycles. The van der Waals surface area contributed by atoms with Crippen molar-refractivity contribution in [1.29, 1.82) is 0 Å². The van der Waals surface area contributed by atoms with Crippen LogP contribution in [0.1, 0.15) is 20.7 Å². The number of esters is 2. The van der Waals surface area contributed by atoms with Gasteiger partial charge >= 0.3 is 11.9 Å². The van der Waals surface area contributed by atoms with E-state index in [4.69, 9.17) is 28.4 Å². The van der Waals surface area contributed by atoms with E-state index in [9.17, 15) is 9.59 Å². The highest BCUT2D eigenvalue weighted by Crippen LogP contribution is 2.23. The van der Waals surface area contributed by atoms with Gasteiger partial charge in [-0.25, -0.2) is 9.59 Å². The summed E-state index contributed by atoms with van der Waals surface area (Å²) in [6.07, 6.45) is 0. The molecule has 0 aliphatic heterocycles. The van der Waals surface area contributed by atoms with Gasteiger partial charge in [0.1, 0.15) is 24.7 Å². The molecule has 0 bridgehead atoms. The SMILES string of the molecule is COC(=O)c1ccc2cc(OCCOCCOCCOc3ccc4cc(C(=O)OC)ccc4c3)ccc2c1. The van der Waals surface area contributed by atoms with E-state index in [0.29, 0.717) is 50.8 Å². The maximum atomic E-state index is 11.7. The third-order valence-corrected chi connectivity index (χ3v) is 5.83. The number of benzene rings is 4. The van der Waals surface area contributed by atoms with Crippen LogP contribution < -0.4 is 9.47 Å². The van der Waals surface area contributed by atoms with Gasteiger partial charge in [-0.05, 0) is 70.1 Å². The number of fused-ring (bicyclic) bond motifs is 2. The van der Waals surface area contributed by atoms with Gasteiger partial charge in [-0.15, -0.1) is 0 Å². The summed E-state index contributed by atoms with van der Waals surface area (Å²) in [4.78, 5) is 23.3. The van der Waals surface area contributed by atoms with Crippen molar-refractivity contribution in [3.8, 4) is 11.5 Å². The molecule has 0 heterocycles. The van der Waals surface area contributed by atoms with Crippen molar-refractivity contribution in [2.75, 3.05) is 53.9 Å². The average Bonchev–Trinajstić information content (AvgIpc) is 2.96. The standard InChI is InChI=1S/C30H30O8/c1-33-29(31)25-5-3-23-19-27(9-7-21(23)17-25)37-15-13-35-11-12-36-14-16-38-28-10-8-22-18-26(30(32)34-2)6-4-24(22)20-28/h3-10,17-20H,11-16H2,1-2H3. The van der Waals surface area contributed by atoms with Gasteiger partial charge < -0.3 is 28.4 Å². The molecule has 0 N–H and O–H groups in total. The summed E-state index contributed by atoms with van der Waals surface area (Å²) >= 11 is 0. The van der Waals surface area contributed by atoms with Crippen molar-refractivity contribution in [3.05, 3.63) is 83.9 Å². The molecular weight excluding hydrogens is 488 g/mol. The van der Waals surface area contributed by atoms with Gasteiger partial charge in [0.05, 0.1) is 51.8 Å². The molecule has 0 unspecified atom stereocenters. The minimum absolute atomic E-state index is 0.358. The van der Waals surface area contributed by atoms with E-state index in [2.05, 4.69) is 0 Å². The summed E-state index contributed by atoms with van der Waals surface area (Å²) in [6, 6.07) is 22.2. The van der Waals surface area contributed by atoms with Crippen LogP contribution in [0.2, 0.25) is 0 Å². The molecule has 8 nitrogen and oxygen atoms in total. The first-order valence-corrected chi connectivity index (χ1v) is 12.2.